The summed E-state index contributed by atoms with van der Waals surface area (Å²) in [7, 11) is 0. The first kappa shape index (κ1) is 14.3. The lowest BCUT2D eigenvalue weighted by Gasteiger charge is -2.35. The van der Waals surface area contributed by atoms with Gasteiger partial charge in [-0.15, -0.1) is 0 Å². The van der Waals surface area contributed by atoms with Crippen LogP contribution in [0.5, 0.6) is 0 Å². The van der Waals surface area contributed by atoms with Crippen LogP contribution in [-0.2, 0) is 9.47 Å². The standard InChI is InChI=1S/C15H17IO4/c1-9(16)15-8-11(17)12(20-15)7-13(15)19-14(18)10-5-3-2-4-6-10/h2-6,9,11-13,17H,7-8H2,1H3/t9-,11-,12+,13-,15-/m0/s1. The van der Waals surface area contributed by atoms with Crippen molar-refractivity contribution in [3.63, 3.8) is 0 Å². The molecule has 0 aromatic heterocycles. The van der Waals surface area contributed by atoms with Gasteiger partial charge >= 0.3 is 5.97 Å². The second kappa shape index (κ2) is 5.27. The molecular formula is C15H17IO4. The number of carbonyl (C=O) groups excluding carboxylic acids is 1. The van der Waals surface area contributed by atoms with E-state index >= 15 is 0 Å². The van der Waals surface area contributed by atoms with Crippen molar-refractivity contribution in [3.8, 4) is 0 Å². The van der Waals surface area contributed by atoms with E-state index in [1.807, 2.05) is 25.1 Å². The van der Waals surface area contributed by atoms with E-state index in [4.69, 9.17) is 9.47 Å². The van der Waals surface area contributed by atoms with Crippen LogP contribution in [0.1, 0.15) is 30.1 Å². The van der Waals surface area contributed by atoms with Crippen molar-refractivity contribution in [3.05, 3.63) is 35.9 Å². The average Bonchev–Trinajstić information content (AvgIpc) is 2.95. The van der Waals surface area contributed by atoms with E-state index < -0.39 is 11.7 Å². The Morgan fingerprint density at radius 2 is 2.20 bits per heavy atom. The number of aliphatic hydroxyl groups is 1. The SMILES string of the molecule is C[C@H](I)[C@@]12C[C@H](O)[C@@H](C[C@@H]1OC(=O)c1ccccc1)O2. The highest BCUT2D eigenvalue weighted by molar-refractivity contribution is 14.1. The molecule has 1 aromatic carbocycles. The molecule has 0 unspecified atom stereocenters. The van der Waals surface area contributed by atoms with Gasteiger partial charge in [-0.25, -0.2) is 4.79 Å². The molecule has 2 fully saturated rings. The van der Waals surface area contributed by atoms with E-state index in [0.29, 0.717) is 18.4 Å². The molecule has 0 spiro atoms. The molecular weight excluding hydrogens is 371 g/mol. The summed E-state index contributed by atoms with van der Waals surface area (Å²) in [6.07, 6.45) is 0.178. The molecule has 1 N–H and O–H groups in total. The molecule has 3 rings (SSSR count). The summed E-state index contributed by atoms with van der Waals surface area (Å²) in [6.45, 7) is 2.03. The predicted molar refractivity (Wildman–Crippen MR) is 82.0 cm³/mol. The summed E-state index contributed by atoms with van der Waals surface area (Å²) in [5.74, 6) is -0.322. The number of hydrogen-bond acceptors (Lipinski definition) is 4. The normalized spacial score (nSPS) is 36.9. The summed E-state index contributed by atoms with van der Waals surface area (Å²) >= 11 is 2.28. The number of hydrogen-bond donors (Lipinski definition) is 1. The molecule has 5 atom stereocenters. The molecule has 0 aliphatic carbocycles. The van der Waals surface area contributed by atoms with Crippen LogP contribution in [0.2, 0.25) is 0 Å². The summed E-state index contributed by atoms with van der Waals surface area (Å²) in [4.78, 5) is 12.2. The van der Waals surface area contributed by atoms with Crippen LogP contribution in [0.4, 0.5) is 0 Å². The van der Waals surface area contributed by atoms with Crippen LogP contribution in [0.25, 0.3) is 0 Å². The van der Waals surface area contributed by atoms with Crippen LogP contribution in [0, 0.1) is 0 Å². The quantitative estimate of drug-likeness (QED) is 0.491. The first-order valence-corrected chi connectivity index (χ1v) is 8.03. The molecule has 0 radical (unpaired) electrons. The highest BCUT2D eigenvalue weighted by Gasteiger charge is 2.61. The van der Waals surface area contributed by atoms with Gasteiger partial charge in [-0.05, 0) is 12.1 Å². The maximum atomic E-state index is 12.2. The van der Waals surface area contributed by atoms with Gasteiger partial charge < -0.3 is 14.6 Å². The third-order valence-electron chi connectivity index (χ3n) is 4.25. The fourth-order valence-corrected chi connectivity index (χ4v) is 3.92. The molecule has 0 saturated carbocycles. The highest BCUT2D eigenvalue weighted by atomic mass is 127. The van der Waals surface area contributed by atoms with Crippen LogP contribution >= 0.6 is 22.6 Å². The second-order valence-electron chi connectivity index (χ2n) is 5.49. The van der Waals surface area contributed by atoms with Crippen molar-refractivity contribution in [2.24, 2.45) is 0 Å². The van der Waals surface area contributed by atoms with E-state index in [9.17, 15) is 9.90 Å². The number of halogens is 1. The number of aliphatic hydroxyl groups excluding tert-OH is 1. The largest absolute Gasteiger partial charge is 0.456 e. The van der Waals surface area contributed by atoms with Crippen molar-refractivity contribution in [1.82, 2.24) is 0 Å². The van der Waals surface area contributed by atoms with Gasteiger partial charge in [0.05, 0.1) is 17.8 Å². The van der Waals surface area contributed by atoms with E-state index in [2.05, 4.69) is 22.6 Å². The van der Waals surface area contributed by atoms with Crippen molar-refractivity contribution in [2.75, 3.05) is 0 Å². The Kier molecular flexibility index (Phi) is 3.77. The van der Waals surface area contributed by atoms with Crippen LogP contribution in [-0.4, -0.2) is 38.9 Å². The highest BCUT2D eigenvalue weighted by Crippen LogP contribution is 2.49. The van der Waals surface area contributed by atoms with E-state index in [1.165, 1.54) is 0 Å². The Morgan fingerprint density at radius 3 is 2.80 bits per heavy atom. The van der Waals surface area contributed by atoms with Crippen LogP contribution < -0.4 is 0 Å². The number of rotatable bonds is 3. The average molecular weight is 388 g/mol. The molecule has 2 saturated heterocycles. The molecule has 20 heavy (non-hydrogen) atoms. The van der Waals surface area contributed by atoms with Crippen molar-refractivity contribution in [1.29, 1.82) is 0 Å². The fourth-order valence-electron chi connectivity index (χ4n) is 3.12. The third kappa shape index (κ3) is 2.25. The molecule has 1 aromatic rings. The maximum Gasteiger partial charge on any atom is 0.338 e. The summed E-state index contributed by atoms with van der Waals surface area (Å²) in [5, 5.41) is 9.93. The van der Waals surface area contributed by atoms with Crippen LogP contribution in [0.3, 0.4) is 0 Å². The minimum atomic E-state index is -0.547. The molecule has 2 bridgehead atoms. The van der Waals surface area contributed by atoms with Gasteiger partial charge in [-0.1, -0.05) is 47.7 Å². The summed E-state index contributed by atoms with van der Waals surface area (Å²) in [6, 6.07) is 8.97. The van der Waals surface area contributed by atoms with E-state index in [-0.39, 0.29) is 22.1 Å². The van der Waals surface area contributed by atoms with Gasteiger partial charge in [0.1, 0.15) is 11.7 Å². The molecule has 4 nitrogen and oxygen atoms in total. The number of carbonyl (C=O) groups is 1. The van der Waals surface area contributed by atoms with Gasteiger partial charge in [-0.3, -0.25) is 0 Å². The first-order valence-electron chi connectivity index (χ1n) is 6.79. The van der Waals surface area contributed by atoms with E-state index in [1.54, 1.807) is 12.1 Å². The first-order chi connectivity index (χ1) is 9.53. The van der Waals surface area contributed by atoms with Crippen molar-refractivity contribution in [2.45, 2.75) is 47.6 Å². The second-order valence-corrected chi connectivity index (χ2v) is 7.36. The molecule has 5 heteroatoms. The Labute approximate surface area is 131 Å². The molecule has 2 heterocycles. The number of esters is 1. The Balaban J connectivity index is 1.77. The van der Waals surface area contributed by atoms with Gasteiger partial charge in [0.2, 0.25) is 0 Å². The maximum absolute atomic E-state index is 12.2. The van der Waals surface area contributed by atoms with Crippen LogP contribution in [0.15, 0.2) is 30.3 Å². The molecule has 0 amide bonds. The monoisotopic (exact) mass is 388 g/mol. The zero-order valence-corrected chi connectivity index (χ0v) is 13.3. The lowest BCUT2D eigenvalue weighted by molar-refractivity contribution is -0.0530. The molecule has 2 aliphatic heterocycles. The Morgan fingerprint density at radius 1 is 1.50 bits per heavy atom. The van der Waals surface area contributed by atoms with Gasteiger partial charge in [0.25, 0.3) is 0 Å². The van der Waals surface area contributed by atoms with E-state index in [0.717, 1.165) is 0 Å². The van der Waals surface area contributed by atoms with Crippen molar-refractivity contribution >= 4 is 28.6 Å². The minimum absolute atomic E-state index is 0.163. The number of fused-ring (bicyclic) bond motifs is 2. The smallest absolute Gasteiger partial charge is 0.338 e. The van der Waals surface area contributed by atoms with Gasteiger partial charge in [0.15, 0.2) is 0 Å². The Bertz CT molecular complexity index is 500. The zero-order chi connectivity index (χ0) is 14.3. The molecule has 108 valence electrons. The molecule has 2 aliphatic rings. The number of ether oxygens (including phenoxy) is 2. The van der Waals surface area contributed by atoms with Gasteiger partial charge in [-0.2, -0.15) is 0 Å². The Hall–Kier alpha value is -0.660. The summed E-state index contributed by atoms with van der Waals surface area (Å²) < 4.78 is 11.8. The lowest BCUT2D eigenvalue weighted by atomic mass is 9.82. The predicted octanol–water partition coefficient (Wildman–Crippen LogP) is 2.33. The third-order valence-corrected chi connectivity index (χ3v) is 5.31. The number of alkyl halides is 1. The minimum Gasteiger partial charge on any atom is -0.456 e. The topological polar surface area (TPSA) is 55.8 Å². The number of benzene rings is 1. The van der Waals surface area contributed by atoms with Crippen molar-refractivity contribution < 1.29 is 19.4 Å². The summed E-state index contributed by atoms with van der Waals surface area (Å²) in [5.41, 5.74) is 0.00168. The van der Waals surface area contributed by atoms with Gasteiger partial charge in [0, 0.05) is 16.8 Å². The fraction of sp³-hybridized carbons (Fsp3) is 0.533. The lowest BCUT2D eigenvalue weighted by Crippen LogP contribution is -2.49. The zero-order valence-electron chi connectivity index (χ0n) is 11.2.